The first-order valence-corrected chi connectivity index (χ1v) is 4.44. The summed E-state index contributed by atoms with van der Waals surface area (Å²) in [5, 5.41) is 9.37. The van der Waals surface area contributed by atoms with Gasteiger partial charge in [0.2, 0.25) is 0 Å². The minimum Gasteiger partial charge on any atom is -0.507 e. The van der Waals surface area contributed by atoms with Crippen molar-refractivity contribution in [3.8, 4) is 17.6 Å². The van der Waals surface area contributed by atoms with E-state index in [1.54, 1.807) is 18.2 Å². The number of aromatic hydroxyl groups is 1. The average Bonchev–Trinajstić information content (AvgIpc) is 2.09. The van der Waals surface area contributed by atoms with Crippen molar-refractivity contribution in [1.82, 2.24) is 0 Å². The summed E-state index contributed by atoms with van der Waals surface area (Å²) in [6, 6.07) is 5.03. The van der Waals surface area contributed by atoms with Crippen LogP contribution >= 0.6 is 15.9 Å². The van der Waals surface area contributed by atoms with Gasteiger partial charge in [0.15, 0.2) is 0 Å². The molecule has 0 aliphatic heterocycles. The van der Waals surface area contributed by atoms with Crippen LogP contribution in [0.15, 0.2) is 22.7 Å². The smallest absolute Gasteiger partial charge is 0.132 e. The van der Waals surface area contributed by atoms with Crippen LogP contribution in [0, 0.1) is 11.8 Å². The van der Waals surface area contributed by atoms with Gasteiger partial charge in [-0.25, -0.2) is 0 Å². The van der Waals surface area contributed by atoms with Gasteiger partial charge in [-0.3, -0.25) is 0 Å². The quantitative estimate of drug-likeness (QED) is 0.601. The van der Waals surface area contributed by atoms with Crippen molar-refractivity contribution in [1.29, 1.82) is 0 Å². The van der Waals surface area contributed by atoms with Crippen molar-refractivity contribution >= 4 is 22.2 Å². The second-order valence-electron chi connectivity index (χ2n) is 2.33. The topological polar surface area (TPSA) is 37.3 Å². The Morgan fingerprint density at radius 1 is 1.54 bits per heavy atom. The van der Waals surface area contributed by atoms with Crippen LogP contribution in [-0.4, -0.2) is 11.4 Å². The van der Waals surface area contributed by atoms with Crippen molar-refractivity contribution < 1.29 is 9.90 Å². The number of halogens is 1. The molecule has 1 aromatic rings. The van der Waals surface area contributed by atoms with Crippen LogP contribution in [-0.2, 0) is 4.79 Å². The normalized spacial score (nSPS) is 8.69. The van der Waals surface area contributed by atoms with E-state index in [2.05, 4.69) is 27.8 Å². The summed E-state index contributed by atoms with van der Waals surface area (Å²) in [6.45, 7) is 0. The Bertz CT molecular complexity index is 374. The number of hydrogen-bond donors (Lipinski definition) is 1. The number of carbonyl (C=O) groups excluding carboxylic acids is 1. The van der Waals surface area contributed by atoms with Crippen molar-refractivity contribution in [2.24, 2.45) is 0 Å². The molecule has 0 aromatic heterocycles. The molecule has 1 N–H and O–H groups in total. The molecule has 0 aliphatic carbocycles. The number of aldehydes is 1. The van der Waals surface area contributed by atoms with Gasteiger partial charge in [0.25, 0.3) is 0 Å². The standard InChI is InChI=1S/C10H7BrO2/c11-9-5-4-8(10(13)7-9)3-1-2-6-12/h4-7,13H,2H2. The van der Waals surface area contributed by atoms with E-state index in [0.717, 1.165) is 10.8 Å². The Hall–Kier alpha value is -1.27. The van der Waals surface area contributed by atoms with Gasteiger partial charge in [0.05, 0.1) is 12.0 Å². The second kappa shape index (κ2) is 4.68. The summed E-state index contributed by atoms with van der Waals surface area (Å²) >= 11 is 3.21. The van der Waals surface area contributed by atoms with Crippen LogP contribution in [0.1, 0.15) is 12.0 Å². The summed E-state index contributed by atoms with van der Waals surface area (Å²) in [4.78, 5) is 9.96. The first-order chi connectivity index (χ1) is 6.24. The monoisotopic (exact) mass is 238 g/mol. The number of phenolic OH excluding ortho intramolecular Hbond substituents is 1. The Labute approximate surface area is 84.7 Å². The molecular formula is C10H7BrO2. The third-order valence-electron chi connectivity index (χ3n) is 1.37. The summed E-state index contributed by atoms with van der Waals surface area (Å²) in [7, 11) is 0. The molecule has 66 valence electrons. The van der Waals surface area contributed by atoms with Gasteiger partial charge in [-0.2, -0.15) is 0 Å². The Morgan fingerprint density at radius 3 is 2.92 bits per heavy atom. The molecule has 0 fully saturated rings. The number of benzene rings is 1. The van der Waals surface area contributed by atoms with Crippen LogP contribution in [0.3, 0.4) is 0 Å². The van der Waals surface area contributed by atoms with E-state index in [0.29, 0.717) is 5.56 Å². The minimum atomic E-state index is 0.118. The molecule has 1 rings (SSSR count). The third-order valence-corrected chi connectivity index (χ3v) is 1.86. The average molecular weight is 239 g/mol. The van der Waals surface area contributed by atoms with Gasteiger partial charge in [0.1, 0.15) is 12.0 Å². The lowest BCUT2D eigenvalue weighted by Crippen LogP contribution is -1.76. The van der Waals surface area contributed by atoms with E-state index >= 15 is 0 Å². The molecular weight excluding hydrogens is 232 g/mol. The zero-order valence-electron chi connectivity index (χ0n) is 6.75. The number of rotatable bonds is 1. The van der Waals surface area contributed by atoms with Gasteiger partial charge in [0, 0.05) is 4.47 Å². The predicted molar refractivity (Wildman–Crippen MR) is 53.4 cm³/mol. The molecule has 0 heterocycles. The fraction of sp³-hybridized carbons (Fsp3) is 0.100. The minimum absolute atomic E-state index is 0.118. The fourth-order valence-corrected chi connectivity index (χ4v) is 1.15. The Morgan fingerprint density at radius 2 is 2.31 bits per heavy atom. The van der Waals surface area contributed by atoms with Crippen LogP contribution in [0.25, 0.3) is 0 Å². The fourth-order valence-electron chi connectivity index (χ4n) is 0.798. The van der Waals surface area contributed by atoms with Gasteiger partial charge in [-0.1, -0.05) is 27.8 Å². The van der Waals surface area contributed by atoms with Crippen LogP contribution in [0.4, 0.5) is 0 Å². The molecule has 0 spiro atoms. The van der Waals surface area contributed by atoms with Gasteiger partial charge < -0.3 is 9.90 Å². The maximum absolute atomic E-state index is 9.96. The molecule has 1 aromatic carbocycles. The first-order valence-electron chi connectivity index (χ1n) is 3.65. The van der Waals surface area contributed by atoms with Crippen molar-refractivity contribution in [3.63, 3.8) is 0 Å². The Balaban J connectivity index is 2.91. The molecule has 0 amide bonds. The highest BCUT2D eigenvalue weighted by molar-refractivity contribution is 9.10. The molecule has 0 saturated carbocycles. The molecule has 0 aliphatic rings. The molecule has 0 bridgehead atoms. The maximum Gasteiger partial charge on any atom is 0.132 e. The Kier molecular flexibility index (Phi) is 3.53. The summed E-state index contributed by atoms with van der Waals surface area (Å²) in [6.07, 6.45) is 0.915. The van der Waals surface area contributed by atoms with E-state index in [1.165, 1.54) is 0 Å². The van der Waals surface area contributed by atoms with Gasteiger partial charge >= 0.3 is 0 Å². The molecule has 2 nitrogen and oxygen atoms in total. The highest BCUT2D eigenvalue weighted by Gasteiger charge is 1.96. The lowest BCUT2D eigenvalue weighted by molar-refractivity contribution is -0.107. The van der Waals surface area contributed by atoms with E-state index < -0.39 is 0 Å². The molecule has 3 heteroatoms. The lowest BCUT2D eigenvalue weighted by Gasteiger charge is -1.96. The van der Waals surface area contributed by atoms with Crippen molar-refractivity contribution in [3.05, 3.63) is 28.2 Å². The van der Waals surface area contributed by atoms with E-state index in [4.69, 9.17) is 0 Å². The zero-order valence-corrected chi connectivity index (χ0v) is 8.34. The SMILES string of the molecule is O=CCC#Cc1ccc(Br)cc1O. The molecule has 0 saturated heterocycles. The van der Waals surface area contributed by atoms with E-state index in [-0.39, 0.29) is 12.2 Å². The largest absolute Gasteiger partial charge is 0.507 e. The van der Waals surface area contributed by atoms with Gasteiger partial charge in [-0.05, 0) is 18.2 Å². The van der Waals surface area contributed by atoms with Crippen LogP contribution < -0.4 is 0 Å². The molecule has 0 radical (unpaired) electrons. The van der Waals surface area contributed by atoms with Crippen LogP contribution in [0.2, 0.25) is 0 Å². The van der Waals surface area contributed by atoms with Crippen LogP contribution in [0.5, 0.6) is 5.75 Å². The second-order valence-corrected chi connectivity index (χ2v) is 3.25. The molecule has 0 atom stereocenters. The summed E-state index contributed by atoms with van der Waals surface area (Å²) in [5.41, 5.74) is 0.532. The van der Waals surface area contributed by atoms with Crippen molar-refractivity contribution in [2.45, 2.75) is 6.42 Å². The predicted octanol–water partition coefficient (Wildman–Crippen LogP) is 2.10. The zero-order chi connectivity index (χ0) is 9.68. The third kappa shape index (κ3) is 2.92. The lowest BCUT2D eigenvalue weighted by atomic mass is 10.2. The molecule has 0 unspecified atom stereocenters. The highest BCUT2D eigenvalue weighted by atomic mass is 79.9. The maximum atomic E-state index is 9.96. The molecule has 13 heavy (non-hydrogen) atoms. The van der Waals surface area contributed by atoms with Crippen molar-refractivity contribution in [2.75, 3.05) is 0 Å². The highest BCUT2D eigenvalue weighted by Crippen LogP contribution is 2.21. The first kappa shape index (κ1) is 9.82. The summed E-state index contributed by atoms with van der Waals surface area (Å²) < 4.78 is 0.797. The van der Waals surface area contributed by atoms with E-state index in [1.807, 2.05) is 0 Å². The van der Waals surface area contributed by atoms with Gasteiger partial charge in [-0.15, -0.1) is 0 Å². The number of hydrogen-bond acceptors (Lipinski definition) is 2. The number of phenols is 1. The summed E-state index contributed by atoms with van der Waals surface area (Å²) in [5.74, 6) is 5.43. The number of carbonyl (C=O) groups is 1. The van der Waals surface area contributed by atoms with E-state index in [9.17, 15) is 9.90 Å².